The first-order valence-electron chi connectivity index (χ1n) is 10.5. The van der Waals surface area contributed by atoms with E-state index in [9.17, 15) is 5.11 Å². The number of aliphatic hydroxyl groups is 1. The summed E-state index contributed by atoms with van der Waals surface area (Å²) in [6, 6.07) is 9.42. The average Bonchev–Trinajstić information content (AvgIpc) is 2.81. The molecule has 0 spiro atoms. The summed E-state index contributed by atoms with van der Waals surface area (Å²) in [6.07, 6.45) is 4.60. The van der Waals surface area contributed by atoms with Crippen LogP contribution in [0.4, 0.5) is 11.8 Å². The molecule has 0 saturated heterocycles. The van der Waals surface area contributed by atoms with Gasteiger partial charge in [-0.05, 0) is 37.6 Å². The molecule has 0 fully saturated rings. The number of pyridine rings is 1. The molecule has 1 aromatic carbocycles. The van der Waals surface area contributed by atoms with Crippen LogP contribution in [0.5, 0.6) is 11.5 Å². The van der Waals surface area contributed by atoms with Crippen molar-refractivity contribution >= 4 is 22.8 Å². The van der Waals surface area contributed by atoms with E-state index in [0.29, 0.717) is 23.8 Å². The van der Waals surface area contributed by atoms with Crippen molar-refractivity contribution in [3.63, 3.8) is 0 Å². The fourth-order valence-corrected chi connectivity index (χ4v) is 3.34. The highest BCUT2D eigenvalue weighted by molar-refractivity contribution is 5.86. The van der Waals surface area contributed by atoms with Gasteiger partial charge in [0.2, 0.25) is 5.95 Å². The van der Waals surface area contributed by atoms with E-state index in [1.807, 2.05) is 37.3 Å². The normalized spacial score (nSPS) is 12.9. The van der Waals surface area contributed by atoms with Crippen LogP contribution in [-0.2, 0) is 6.54 Å². The van der Waals surface area contributed by atoms with Gasteiger partial charge in [-0.25, -0.2) is 4.98 Å². The van der Waals surface area contributed by atoms with Gasteiger partial charge in [0.25, 0.3) is 0 Å². The summed E-state index contributed by atoms with van der Waals surface area (Å²) in [5.74, 6) is 2.52. The maximum absolute atomic E-state index is 10.0. The van der Waals surface area contributed by atoms with Crippen LogP contribution in [0.25, 0.3) is 11.0 Å². The molecule has 0 aliphatic heterocycles. The molecule has 0 aliphatic carbocycles. The van der Waals surface area contributed by atoms with Gasteiger partial charge in [0, 0.05) is 24.4 Å². The Balaban J connectivity index is 1.88. The van der Waals surface area contributed by atoms with Crippen molar-refractivity contribution in [1.29, 1.82) is 0 Å². The van der Waals surface area contributed by atoms with Crippen LogP contribution in [0.1, 0.15) is 38.7 Å². The molecule has 0 radical (unpaired) electrons. The van der Waals surface area contributed by atoms with Crippen molar-refractivity contribution in [2.24, 2.45) is 0 Å². The number of nitrogens with one attached hydrogen (secondary N) is 2. The number of rotatable bonds is 11. The summed E-state index contributed by atoms with van der Waals surface area (Å²) in [6.45, 7) is 4.60. The van der Waals surface area contributed by atoms with Crippen LogP contribution in [0, 0.1) is 0 Å². The molecule has 0 aliphatic rings. The summed E-state index contributed by atoms with van der Waals surface area (Å²) >= 11 is 0. The number of ether oxygens (including phenoxy) is 2. The number of benzene rings is 1. The predicted molar refractivity (Wildman–Crippen MR) is 123 cm³/mol. The van der Waals surface area contributed by atoms with E-state index in [-0.39, 0.29) is 6.61 Å². The topological polar surface area (TPSA) is 101 Å². The molecule has 3 N–H and O–H groups in total. The van der Waals surface area contributed by atoms with Crippen molar-refractivity contribution in [3.05, 3.63) is 42.1 Å². The van der Waals surface area contributed by atoms with Crippen molar-refractivity contribution in [2.45, 2.75) is 45.2 Å². The minimum Gasteiger partial charge on any atom is -0.497 e. The van der Waals surface area contributed by atoms with Gasteiger partial charge in [0.15, 0.2) is 5.82 Å². The molecule has 0 unspecified atom stereocenters. The van der Waals surface area contributed by atoms with Crippen molar-refractivity contribution in [1.82, 2.24) is 15.0 Å². The molecule has 166 valence electrons. The molecule has 0 amide bonds. The lowest BCUT2D eigenvalue weighted by atomic mass is 9.96. The van der Waals surface area contributed by atoms with Crippen LogP contribution in [0.2, 0.25) is 0 Å². The average molecular weight is 426 g/mol. The third-order valence-electron chi connectivity index (χ3n) is 5.24. The van der Waals surface area contributed by atoms with E-state index in [0.717, 1.165) is 41.8 Å². The first kappa shape index (κ1) is 22.6. The van der Waals surface area contributed by atoms with Gasteiger partial charge >= 0.3 is 0 Å². The summed E-state index contributed by atoms with van der Waals surface area (Å²) < 4.78 is 10.7. The van der Waals surface area contributed by atoms with Crippen LogP contribution in [0.3, 0.4) is 0 Å². The smallest absolute Gasteiger partial charge is 0.225 e. The van der Waals surface area contributed by atoms with Gasteiger partial charge in [-0.15, -0.1) is 0 Å². The van der Waals surface area contributed by atoms with Crippen molar-refractivity contribution in [2.75, 3.05) is 31.5 Å². The van der Waals surface area contributed by atoms with Crippen LogP contribution in [-0.4, -0.2) is 46.4 Å². The first-order chi connectivity index (χ1) is 15.0. The largest absolute Gasteiger partial charge is 0.497 e. The third kappa shape index (κ3) is 5.52. The number of anilines is 2. The van der Waals surface area contributed by atoms with Gasteiger partial charge in [0.05, 0.1) is 31.9 Å². The molecule has 3 rings (SSSR count). The van der Waals surface area contributed by atoms with Crippen LogP contribution < -0.4 is 20.1 Å². The molecule has 8 nitrogen and oxygen atoms in total. The fourth-order valence-electron chi connectivity index (χ4n) is 3.34. The third-order valence-corrected chi connectivity index (χ3v) is 5.24. The molecule has 0 bridgehead atoms. The summed E-state index contributed by atoms with van der Waals surface area (Å²) in [7, 11) is 3.25. The highest BCUT2D eigenvalue weighted by atomic mass is 16.5. The minimum atomic E-state index is -0.495. The van der Waals surface area contributed by atoms with E-state index in [1.54, 1.807) is 20.4 Å². The van der Waals surface area contributed by atoms with Gasteiger partial charge in [0.1, 0.15) is 17.0 Å². The van der Waals surface area contributed by atoms with Gasteiger partial charge in [-0.2, -0.15) is 4.98 Å². The van der Waals surface area contributed by atoms with Gasteiger partial charge in [-0.3, -0.25) is 4.98 Å². The second-order valence-electron chi connectivity index (χ2n) is 7.75. The first-order valence-corrected chi connectivity index (χ1v) is 10.5. The fraction of sp³-hybridized carbons (Fsp3) is 0.435. The zero-order valence-electron chi connectivity index (χ0n) is 18.6. The number of nitrogens with zero attached hydrogens (tertiary/aromatic N) is 3. The molecular formula is C23H31N5O3. The molecule has 1 atom stereocenters. The highest BCUT2D eigenvalue weighted by Gasteiger charge is 2.24. The summed E-state index contributed by atoms with van der Waals surface area (Å²) in [4.78, 5) is 13.7. The van der Waals surface area contributed by atoms with Gasteiger partial charge < -0.3 is 25.2 Å². The molecule has 8 heteroatoms. The van der Waals surface area contributed by atoms with Crippen LogP contribution in [0.15, 0.2) is 36.5 Å². The van der Waals surface area contributed by atoms with Crippen molar-refractivity contribution in [3.8, 4) is 11.5 Å². The lowest BCUT2D eigenvalue weighted by Gasteiger charge is -2.29. The van der Waals surface area contributed by atoms with Crippen molar-refractivity contribution < 1.29 is 14.6 Å². The summed E-state index contributed by atoms with van der Waals surface area (Å²) in [5.41, 5.74) is 1.85. The molecule has 0 saturated carbocycles. The second kappa shape index (κ2) is 10.3. The molecule has 31 heavy (non-hydrogen) atoms. The quantitative estimate of drug-likeness (QED) is 0.424. The predicted octanol–water partition coefficient (Wildman–Crippen LogP) is 4.01. The Kier molecular flexibility index (Phi) is 7.46. The summed E-state index contributed by atoms with van der Waals surface area (Å²) in [5, 5.41) is 16.7. The minimum absolute atomic E-state index is 0.00284. The Morgan fingerprint density at radius 3 is 2.68 bits per heavy atom. The second-order valence-corrected chi connectivity index (χ2v) is 7.75. The Bertz CT molecular complexity index is 1010. The Labute approximate surface area is 183 Å². The maximum atomic E-state index is 10.0. The Morgan fingerprint density at radius 2 is 1.97 bits per heavy atom. The Hall–Kier alpha value is -3.13. The van der Waals surface area contributed by atoms with E-state index < -0.39 is 5.54 Å². The zero-order chi connectivity index (χ0) is 22.3. The standard InChI is InChI=1S/C23H31N5O3/c1-5-6-11-23(2,15-29)28-21-20-18(8-7-12-24-20)26-22(27-21)25-14-16-9-10-17(30-3)13-19(16)31-4/h7-10,12-13,29H,5-6,11,14-15H2,1-4H3,(H2,25,26,27,28)/t23-/m0/s1. The molecule has 2 heterocycles. The monoisotopic (exact) mass is 425 g/mol. The number of methoxy groups -OCH3 is 2. The van der Waals surface area contributed by atoms with Crippen LogP contribution >= 0.6 is 0 Å². The SMILES string of the molecule is CCCC[C@@](C)(CO)Nc1nc(NCc2ccc(OC)cc2OC)nc2cccnc12. The number of aliphatic hydroxyl groups excluding tert-OH is 1. The number of fused-ring (bicyclic) bond motifs is 1. The lowest BCUT2D eigenvalue weighted by Crippen LogP contribution is -2.39. The highest BCUT2D eigenvalue weighted by Crippen LogP contribution is 2.27. The number of unbranched alkanes of at least 4 members (excludes halogenated alkanes) is 1. The van der Waals surface area contributed by atoms with Gasteiger partial charge in [-0.1, -0.05) is 19.8 Å². The number of hydrogen-bond acceptors (Lipinski definition) is 8. The number of hydrogen-bond donors (Lipinski definition) is 3. The molecular weight excluding hydrogens is 394 g/mol. The Morgan fingerprint density at radius 1 is 1.13 bits per heavy atom. The van der Waals surface area contributed by atoms with E-state index in [2.05, 4.69) is 32.5 Å². The van der Waals surface area contributed by atoms with E-state index in [4.69, 9.17) is 9.47 Å². The number of aromatic nitrogens is 3. The van der Waals surface area contributed by atoms with E-state index >= 15 is 0 Å². The molecule has 2 aromatic heterocycles. The maximum Gasteiger partial charge on any atom is 0.225 e. The molecule has 3 aromatic rings. The lowest BCUT2D eigenvalue weighted by molar-refractivity contribution is 0.212. The van der Waals surface area contributed by atoms with E-state index in [1.165, 1.54) is 0 Å². The zero-order valence-corrected chi connectivity index (χ0v) is 18.6.